The zero-order valence-corrected chi connectivity index (χ0v) is 21.5. The Hall–Kier alpha value is -4.79. The molecular weight excluding hydrogens is 484 g/mol. The van der Waals surface area contributed by atoms with Crippen molar-refractivity contribution in [2.45, 2.75) is 32.7 Å². The van der Waals surface area contributed by atoms with Gasteiger partial charge in [-0.05, 0) is 35.2 Å². The first-order chi connectivity index (χ1) is 18.2. The summed E-state index contributed by atoms with van der Waals surface area (Å²) in [4.78, 5) is 44.1. The van der Waals surface area contributed by atoms with Crippen LogP contribution in [0.3, 0.4) is 0 Å². The molecule has 3 aromatic carbocycles. The number of methoxy groups -OCH3 is 1. The van der Waals surface area contributed by atoms with Gasteiger partial charge in [0.25, 0.3) is 5.56 Å². The number of hydrogen-bond donors (Lipinski definition) is 0. The molecule has 0 saturated heterocycles. The van der Waals surface area contributed by atoms with E-state index in [1.54, 1.807) is 36.4 Å². The third-order valence-electron chi connectivity index (χ3n) is 6.37. The standard InChI is InChI=1S/C29H26N4O5/c1-29(2,3)19-15-13-18(14-16-19)25-30-24(38-31-25)17-32-22-11-7-5-9-20(22)26(34)33(28(32)36)23-12-8-6-10-21(23)27(35)37-4/h5-16H,17H2,1-4H3. The molecule has 0 radical (unpaired) electrons. The van der Waals surface area contributed by atoms with Crippen molar-refractivity contribution in [2.24, 2.45) is 0 Å². The molecule has 0 spiro atoms. The maximum atomic E-state index is 13.8. The second kappa shape index (κ2) is 9.59. The quantitative estimate of drug-likeness (QED) is 0.324. The van der Waals surface area contributed by atoms with Gasteiger partial charge in [-0.2, -0.15) is 4.98 Å². The number of benzene rings is 3. The van der Waals surface area contributed by atoms with Gasteiger partial charge in [0.1, 0.15) is 6.54 Å². The second-order valence-corrected chi connectivity index (χ2v) is 9.87. The predicted molar refractivity (Wildman–Crippen MR) is 143 cm³/mol. The highest BCUT2D eigenvalue weighted by molar-refractivity contribution is 5.93. The van der Waals surface area contributed by atoms with E-state index in [-0.39, 0.29) is 29.1 Å². The molecule has 9 nitrogen and oxygen atoms in total. The number of aromatic nitrogens is 4. The van der Waals surface area contributed by atoms with Gasteiger partial charge in [0.05, 0.1) is 29.3 Å². The molecule has 0 aliphatic rings. The van der Waals surface area contributed by atoms with E-state index >= 15 is 0 Å². The first kappa shape index (κ1) is 24.9. The van der Waals surface area contributed by atoms with E-state index in [0.717, 1.165) is 10.1 Å². The van der Waals surface area contributed by atoms with Crippen molar-refractivity contribution in [3.8, 4) is 17.1 Å². The van der Waals surface area contributed by atoms with Gasteiger partial charge >= 0.3 is 11.7 Å². The Morgan fingerprint density at radius 3 is 2.34 bits per heavy atom. The van der Waals surface area contributed by atoms with Crippen LogP contribution in [0.2, 0.25) is 0 Å². The monoisotopic (exact) mass is 510 g/mol. The molecule has 0 amide bonds. The molecule has 5 aromatic rings. The largest absolute Gasteiger partial charge is 0.465 e. The Balaban J connectivity index is 1.61. The number of nitrogens with zero attached hydrogens (tertiary/aromatic N) is 4. The second-order valence-electron chi connectivity index (χ2n) is 9.87. The Morgan fingerprint density at radius 2 is 1.63 bits per heavy atom. The first-order valence-electron chi connectivity index (χ1n) is 12.0. The molecule has 5 rings (SSSR count). The van der Waals surface area contributed by atoms with Gasteiger partial charge in [-0.3, -0.25) is 9.36 Å². The lowest BCUT2D eigenvalue weighted by molar-refractivity contribution is 0.0600. The van der Waals surface area contributed by atoms with Crippen LogP contribution in [0.15, 0.2) is 86.9 Å². The summed E-state index contributed by atoms with van der Waals surface area (Å²) in [5.41, 5.74) is 1.39. The molecule has 0 N–H and O–H groups in total. The van der Waals surface area contributed by atoms with Crippen molar-refractivity contribution in [1.82, 2.24) is 19.3 Å². The Morgan fingerprint density at radius 1 is 0.947 bits per heavy atom. The van der Waals surface area contributed by atoms with Crippen LogP contribution in [0, 0.1) is 0 Å². The fourth-order valence-electron chi connectivity index (χ4n) is 4.33. The molecule has 0 bridgehead atoms. The lowest BCUT2D eigenvalue weighted by atomic mass is 9.87. The maximum Gasteiger partial charge on any atom is 0.339 e. The van der Waals surface area contributed by atoms with Crippen LogP contribution in [-0.4, -0.2) is 32.4 Å². The van der Waals surface area contributed by atoms with E-state index in [0.29, 0.717) is 16.7 Å². The predicted octanol–water partition coefficient (Wildman–Crippen LogP) is 4.33. The fraction of sp³-hybridized carbons (Fsp3) is 0.207. The lowest BCUT2D eigenvalue weighted by Gasteiger charge is -2.18. The van der Waals surface area contributed by atoms with Crippen molar-refractivity contribution in [2.75, 3.05) is 7.11 Å². The molecule has 0 saturated carbocycles. The molecule has 0 aliphatic carbocycles. The first-order valence-corrected chi connectivity index (χ1v) is 12.0. The summed E-state index contributed by atoms with van der Waals surface area (Å²) in [5, 5.41) is 4.40. The van der Waals surface area contributed by atoms with Crippen molar-refractivity contribution in [3.05, 3.63) is 111 Å². The molecule has 2 heterocycles. The Labute approximate surface area is 217 Å². The number of hydrogen-bond acceptors (Lipinski definition) is 7. The highest BCUT2D eigenvalue weighted by Crippen LogP contribution is 2.25. The topological polar surface area (TPSA) is 109 Å². The van der Waals surface area contributed by atoms with Crippen LogP contribution in [0.25, 0.3) is 28.0 Å². The van der Waals surface area contributed by atoms with Gasteiger partial charge in [0, 0.05) is 5.56 Å². The number of para-hydroxylation sites is 2. The third-order valence-corrected chi connectivity index (χ3v) is 6.37. The lowest BCUT2D eigenvalue weighted by Crippen LogP contribution is -2.40. The molecule has 0 fully saturated rings. The third kappa shape index (κ3) is 4.43. The van der Waals surface area contributed by atoms with Crippen molar-refractivity contribution in [3.63, 3.8) is 0 Å². The maximum absolute atomic E-state index is 13.8. The van der Waals surface area contributed by atoms with Crippen LogP contribution in [0.1, 0.15) is 42.6 Å². The average molecular weight is 511 g/mol. The minimum Gasteiger partial charge on any atom is -0.465 e. The van der Waals surface area contributed by atoms with Gasteiger partial charge in [-0.25, -0.2) is 14.2 Å². The minimum atomic E-state index is -0.661. The van der Waals surface area contributed by atoms with Crippen molar-refractivity contribution in [1.29, 1.82) is 0 Å². The van der Waals surface area contributed by atoms with E-state index < -0.39 is 17.2 Å². The Bertz CT molecular complexity index is 1770. The number of ether oxygens (including phenoxy) is 1. The van der Waals surface area contributed by atoms with E-state index in [4.69, 9.17) is 9.26 Å². The van der Waals surface area contributed by atoms with Gasteiger partial charge in [-0.15, -0.1) is 0 Å². The van der Waals surface area contributed by atoms with E-state index in [1.807, 2.05) is 24.3 Å². The molecule has 0 atom stereocenters. The van der Waals surface area contributed by atoms with E-state index in [2.05, 4.69) is 30.9 Å². The molecule has 2 aromatic heterocycles. The van der Waals surface area contributed by atoms with Crippen molar-refractivity contribution < 1.29 is 14.1 Å². The van der Waals surface area contributed by atoms with Gasteiger partial charge in [-0.1, -0.05) is 74.5 Å². The molecule has 0 aliphatic heterocycles. The van der Waals surface area contributed by atoms with Crippen LogP contribution in [0.4, 0.5) is 0 Å². The van der Waals surface area contributed by atoms with Crippen LogP contribution >= 0.6 is 0 Å². The fourth-order valence-corrected chi connectivity index (χ4v) is 4.33. The molecule has 192 valence electrons. The van der Waals surface area contributed by atoms with Crippen molar-refractivity contribution >= 4 is 16.9 Å². The summed E-state index contributed by atoms with van der Waals surface area (Å²) in [7, 11) is 1.24. The molecular formula is C29H26N4O5. The van der Waals surface area contributed by atoms with E-state index in [9.17, 15) is 14.4 Å². The number of carbonyl (C=O) groups is 1. The molecule has 9 heteroatoms. The van der Waals surface area contributed by atoms with Crippen LogP contribution in [-0.2, 0) is 16.7 Å². The smallest absolute Gasteiger partial charge is 0.339 e. The SMILES string of the molecule is COC(=O)c1ccccc1-n1c(=O)c2ccccc2n(Cc2nc(-c3ccc(C(C)(C)C)cc3)no2)c1=O. The summed E-state index contributed by atoms with van der Waals surface area (Å²) in [5.74, 6) is -0.0774. The van der Waals surface area contributed by atoms with Gasteiger partial charge in [0.15, 0.2) is 0 Å². The summed E-state index contributed by atoms with van der Waals surface area (Å²) >= 11 is 0. The summed E-state index contributed by atoms with van der Waals surface area (Å²) in [6.07, 6.45) is 0. The highest BCUT2D eigenvalue weighted by atomic mass is 16.5. The summed E-state index contributed by atoms with van der Waals surface area (Å²) in [6, 6.07) is 21.0. The number of rotatable bonds is 5. The zero-order chi connectivity index (χ0) is 27.0. The van der Waals surface area contributed by atoms with Crippen LogP contribution < -0.4 is 11.2 Å². The normalized spacial score (nSPS) is 11.6. The summed E-state index contributed by atoms with van der Waals surface area (Å²) < 4.78 is 12.7. The minimum absolute atomic E-state index is 0.0127. The zero-order valence-electron chi connectivity index (χ0n) is 21.5. The number of esters is 1. The average Bonchev–Trinajstić information content (AvgIpc) is 3.39. The van der Waals surface area contributed by atoms with Crippen LogP contribution in [0.5, 0.6) is 0 Å². The van der Waals surface area contributed by atoms with Gasteiger partial charge < -0.3 is 9.26 Å². The molecule has 38 heavy (non-hydrogen) atoms. The number of carbonyl (C=O) groups excluding carboxylic acids is 1. The van der Waals surface area contributed by atoms with Gasteiger partial charge in [0.2, 0.25) is 11.7 Å². The van der Waals surface area contributed by atoms with E-state index in [1.165, 1.54) is 29.4 Å². The summed E-state index contributed by atoms with van der Waals surface area (Å²) in [6.45, 7) is 6.34. The molecule has 0 unspecified atom stereocenters. The highest BCUT2D eigenvalue weighted by Gasteiger charge is 2.21. The Kier molecular flexibility index (Phi) is 6.28. The number of fused-ring (bicyclic) bond motifs is 1.